The highest BCUT2D eigenvalue weighted by Gasteiger charge is 2.24. The van der Waals surface area contributed by atoms with Crippen LogP contribution in [0.4, 0.5) is 0 Å². The summed E-state index contributed by atoms with van der Waals surface area (Å²) in [6.45, 7) is -0.0925. The Labute approximate surface area is 103 Å². The Morgan fingerprint density at radius 3 is 2.53 bits per heavy atom. The molecule has 0 spiro atoms. The summed E-state index contributed by atoms with van der Waals surface area (Å²) in [6, 6.07) is 3.07. The molecule has 1 aromatic carbocycles. The molecule has 0 amide bonds. The maximum absolute atomic E-state index is 9.89. The monoisotopic (exact) mass is 260 g/mol. The average molecular weight is 261 g/mol. The second kappa shape index (κ2) is 5.10. The van der Waals surface area contributed by atoms with Crippen molar-refractivity contribution in [3.63, 3.8) is 0 Å². The minimum absolute atomic E-state index is 0.0753. The highest BCUT2D eigenvalue weighted by atomic mass is 35.5. The number of hydrogen-bond acceptors (Lipinski definition) is 5. The van der Waals surface area contributed by atoms with E-state index in [0.717, 1.165) is 0 Å². The molecule has 3 N–H and O–H groups in total. The maximum atomic E-state index is 9.89. The predicted molar refractivity (Wildman–Crippen MR) is 60.2 cm³/mol. The van der Waals surface area contributed by atoms with Gasteiger partial charge in [-0.05, 0) is 12.5 Å². The standard InChI is InChI=1S/C11H13ClO5/c12-7-4-10-9(16-5-17-10)3-6(7)11(15)8(14)1-2-13/h3-4,8,11,13-15H,1-2,5H2. The van der Waals surface area contributed by atoms with Gasteiger partial charge in [-0.25, -0.2) is 0 Å². The van der Waals surface area contributed by atoms with Crippen LogP contribution < -0.4 is 9.47 Å². The molecule has 0 radical (unpaired) electrons. The number of rotatable bonds is 4. The Morgan fingerprint density at radius 1 is 1.24 bits per heavy atom. The molecule has 5 nitrogen and oxygen atoms in total. The fourth-order valence-electron chi connectivity index (χ4n) is 1.66. The van der Waals surface area contributed by atoms with Gasteiger partial charge in [0.25, 0.3) is 0 Å². The van der Waals surface area contributed by atoms with Gasteiger partial charge in [0.05, 0.1) is 11.1 Å². The molecule has 6 heteroatoms. The first-order valence-corrected chi connectivity index (χ1v) is 5.57. The molecule has 1 aromatic rings. The molecule has 2 unspecified atom stereocenters. The summed E-state index contributed by atoms with van der Waals surface area (Å²) < 4.78 is 10.3. The Bertz CT molecular complexity index is 409. The van der Waals surface area contributed by atoms with Crippen LogP contribution in [0, 0.1) is 0 Å². The van der Waals surface area contributed by atoms with Crippen LogP contribution in [0.2, 0.25) is 5.02 Å². The first-order valence-electron chi connectivity index (χ1n) is 5.19. The van der Waals surface area contributed by atoms with Gasteiger partial charge in [0.1, 0.15) is 6.10 Å². The maximum Gasteiger partial charge on any atom is 0.231 e. The molecular weight excluding hydrogens is 248 g/mol. The van der Waals surface area contributed by atoms with Gasteiger partial charge in [-0.15, -0.1) is 0 Å². The molecule has 1 aliphatic heterocycles. The third kappa shape index (κ3) is 2.47. The topological polar surface area (TPSA) is 79.2 Å². The van der Waals surface area contributed by atoms with E-state index in [9.17, 15) is 10.2 Å². The zero-order valence-corrected chi connectivity index (χ0v) is 9.72. The first-order chi connectivity index (χ1) is 8.13. The third-order valence-corrected chi connectivity index (χ3v) is 2.93. The van der Waals surface area contributed by atoms with Crippen molar-refractivity contribution in [2.75, 3.05) is 13.4 Å². The lowest BCUT2D eigenvalue weighted by Gasteiger charge is -2.18. The van der Waals surface area contributed by atoms with Crippen molar-refractivity contribution in [2.24, 2.45) is 0 Å². The van der Waals surface area contributed by atoms with Crippen molar-refractivity contribution < 1.29 is 24.8 Å². The van der Waals surface area contributed by atoms with E-state index in [0.29, 0.717) is 22.1 Å². The van der Waals surface area contributed by atoms with Crippen LogP contribution in [-0.2, 0) is 0 Å². The van der Waals surface area contributed by atoms with E-state index >= 15 is 0 Å². The van der Waals surface area contributed by atoms with Crippen LogP contribution in [0.15, 0.2) is 12.1 Å². The van der Waals surface area contributed by atoms with Gasteiger partial charge >= 0.3 is 0 Å². The molecule has 1 aliphatic rings. The van der Waals surface area contributed by atoms with E-state index in [1.54, 1.807) is 0 Å². The minimum atomic E-state index is -1.16. The van der Waals surface area contributed by atoms with Gasteiger partial charge in [-0.1, -0.05) is 11.6 Å². The quantitative estimate of drug-likeness (QED) is 0.748. The largest absolute Gasteiger partial charge is 0.454 e. The van der Waals surface area contributed by atoms with Gasteiger partial charge in [-0.3, -0.25) is 0 Å². The molecule has 0 fully saturated rings. The van der Waals surface area contributed by atoms with Crippen LogP contribution in [-0.4, -0.2) is 34.8 Å². The number of halogens is 1. The number of benzene rings is 1. The second-order valence-corrected chi connectivity index (χ2v) is 4.16. The molecule has 1 heterocycles. The normalized spacial score (nSPS) is 16.9. The summed E-state index contributed by atoms with van der Waals surface area (Å²) in [6.07, 6.45) is -2.16. The fraction of sp³-hybridized carbons (Fsp3) is 0.455. The zero-order valence-electron chi connectivity index (χ0n) is 8.97. The summed E-state index contributed by atoms with van der Waals surface area (Å²) in [5, 5.41) is 28.5. The number of fused-ring (bicyclic) bond motifs is 1. The lowest BCUT2D eigenvalue weighted by Crippen LogP contribution is -2.19. The van der Waals surface area contributed by atoms with E-state index in [1.165, 1.54) is 12.1 Å². The second-order valence-electron chi connectivity index (χ2n) is 3.75. The van der Waals surface area contributed by atoms with Gasteiger partial charge in [-0.2, -0.15) is 0 Å². The summed E-state index contributed by atoms with van der Waals surface area (Å²) in [5.41, 5.74) is 0.358. The number of aliphatic hydroxyl groups is 3. The van der Waals surface area contributed by atoms with Crippen LogP contribution in [0.1, 0.15) is 18.1 Å². The number of hydrogen-bond donors (Lipinski definition) is 3. The molecule has 2 atom stereocenters. The van der Waals surface area contributed by atoms with Gasteiger partial charge in [0.2, 0.25) is 6.79 Å². The predicted octanol–water partition coefficient (Wildman–Crippen LogP) is 0.845. The third-order valence-electron chi connectivity index (χ3n) is 2.60. The molecule has 94 valence electrons. The number of ether oxygens (including phenoxy) is 2. The van der Waals surface area contributed by atoms with E-state index in [-0.39, 0.29) is 19.8 Å². The van der Waals surface area contributed by atoms with E-state index in [2.05, 4.69) is 0 Å². The van der Waals surface area contributed by atoms with Crippen molar-refractivity contribution in [3.8, 4) is 11.5 Å². The van der Waals surface area contributed by atoms with Crippen LogP contribution in [0.3, 0.4) is 0 Å². The Kier molecular flexibility index (Phi) is 3.73. The van der Waals surface area contributed by atoms with Crippen LogP contribution >= 0.6 is 11.6 Å². The summed E-state index contributed by atoms with van der Waals surface area (Å²) in [5.74, 6) is 1.00. The molecule has 0 aliphatic carbocycles. The van der Waals surface area contributed by atoms with Crippen molar-refractivity contribution >= 4 is 11.6 Å². The zero-order chi connectivity index (χ0) is 12.4. The lowest BCUT2D eigenvalue weighted by atomic mass is 10.0. The SMILES string of the molecule is OCCC(O)C(O)c1cc2c(cc1Cl)OCO2. The van der Waals surface area contributed by atoms with Crippen molar-refractivity contribution in [1.82, 2.24) is 0 Å². The van der Waals surface area contributed by atoms with E-state index < -0.39 is 12.2 Å². The molecule has 0 bridgehead atoms. The van der Waals surface area contributed by atoms with Crippen LogP contribution in [0.5, 0.6) is 11.5 Å². The number of aliphatic hydroxyl groups excluding tert-OH is 3. The fourth-order valence-corrected chi connectivity index (χ4v) is 1.92. The average Bonchev–Trinajstić information content (AvgIpc) is 2.74. The minimum Gasteiger partial charge on any atom is -0.454 e. The summed E-state index contributed by atoms with van der Waals surface area (Å²) in [7, 11) is 0. The Balaban J connectivity index is 2.26. The summed E-state index contributed by atoms with van der Waals surface area (Å²) >= 11 is 5.98. The van der Waals surface area contributed by atoms with Gasteiger partial charge in [0.15, 0.2) is 11.5 Å². The molecule has 0 saturated carbocycles. The highest BCUT2D eigenvalue weighted by Crippen LogP contribution is 2.39. The van der Waals surface area contributed by atoms with Crippen molar-refractivity contribution in [3.05, 3.63) is 22.7 Å². The van der Waals surface area contributed by atoms with Crippen molar-refractivity contribution in [1.29, 1.82) is 0 Å². The first kappa shape index (κ1) is 12.4. The van der Waals surface area contributed by atoms with Crippen molar-refractivity contribution in [2.45, 2.75) is 18.6 Å². The smallest absolute Gasteiger partial charge is 0.231 e. The molecule has 2 rings (SSSR count). The van der Waals surface area contributed by atoms with Gasteiger partial charge < -0.3 is 24.8 Å². The molecule has 17 heavy (non-hydrogen) atoms. The highest BCUT2D eigenvalue weighted by molar-refractivity contribution is 6.31. The van der Waals surface area contributed by atoms with Gasteiger partial charge in [0, 0.05) is 18.2 Å². The van der Waals surface area contributed by atoms with E-state index in [4.69, 9.17) is 26.2 Å². The Hall–Kier alpha value is -1.01. The summed E-state index contributed by atoms with van der Waals surface area (Å²) in [4.78, 5) is 0. The molecule has 0 saturated heterocycles. The van der Waals surface area contributed by atoms with E-state index in [1.807, 2.05) is 0 Å². The Morgan fingerprint density at radius 2 is 1.88 bits per heavy atom. The lowest BCUT2D eigenvalue weighted by molar-refractivity contribution is 0.00419. The molecular formula is C11H13ClO5. The van der Waals surface area contributed by atoms with Crippen LogP contribution in [0.25, 0.3) is 0 Å². The molecule has 0 aromatic heterocycles.